The first-order chi connectivity index (χ1) is 16.7. The lowest BCUT2D eigenvalue weighted by Gasteiger charge is -2.40. The highest BCUT2D eigenvalue weighted by atomic mass is 16.2. The number of carbonyl (C=O) groups excluding carboxylic acids is 2. The number of hydrogen-bond acceptors (Lipinski definition) is 4. The predicted molar refractivity (Wildman–Crippen MR) is 138 cm³/mol. The van der Waals surface area contributed by atoms with Crippen LogP contribution < -0.4 is 10.2 Å². The molecule has 0 spiro atoms. The number of para-hydroxylation sites is 1. The van der Waals surface area contributed by atoms with Gasteiger partial charge < -0.3 is 20.0 Å². The summed E-state index contributed by atoms with van der Waals surface area (Å²) in [6.07, 6.45) is 14.1. The van der Waals surface area contributed by atoms with Crippen LogP contribution in [0, 0.1) is 0 Å². The van der Waals surface area contributed by atoms with Crippen LogP contribution in [-0.2, 0) is 9.59 Å². The van der Waals surface area contributed by atoms with Gasteiger partial charge in [0, 0.05) is 38.4 Å². The summed E-state index contributed by atoms with van der Waals surface area (Å²) in [6, 6.07) is 10.6. The molecule has 1 N–H and O–H groups in total. The van der Waals surface area contributed by atoms with Crippen LogP contribution in [0.15, 0.2) is 30.3 Å². The largest absolute Gasteiger partial charge is 0.360 e. The molecule has 0 bridgehead atoms. The molecule has 0 unspecified atom stereocenters. The van der Waals surface area contributed by atoms with Gasteiger partial charge in [0.1, 0.15) is 6.04 Å². The summed E-state index contributed by atoms with van der Waals surface area (Å²) in [4.78, 5) is 31.3. The normalized spacial score (nSPS) is 25.8. The molecule has 4 aliphatic heterocycles. The van der Waals surface area contributed by atoms with Crippen molar-refractivity contribution < 1.29 is 9.59 Å². The van der Waals surface area contributed by atoms with Crippen molar-refractivity contribution in [2.24, 2.45) is 0 Å². The van der Waals surface area contributed by atoms with E-state index < -0.39 is 0 Å². The van der Waals surface area contributed by atoms with E-state index >= 15 is 0 Å². The van der Waals surface area contributed by atoms with Gasteiger partial charge in [-0.3, -0.25) is 9.59 Å². The van der Waals surface area contributed by atoms with Gasteiger partial charge in [-0.05, 0) is 89.3 Å². The lowest BCUT2D eigenvalue weighted by molar-refractivity contribution is -0.135. The second-order valence-corrected chi connectivity index (χ2v) is 10.3. The average molecular weight is 469 g/mol. The molecule has 2 amide bonds. The fourth-order valence-electron chi connectivity index (χ4n) is 5.84. The lowest BCUT2D eigenvalue weighted by atomic mass is 9.98. The number of likely N-dealkylation sites (tertiary alicyclic amines) is 2. The van der Waals surface area contributed by atoms with Crippen molar-refractivity contribution in [1.29, 1.82) is 0 Å². The molecule has 6 heteroatoms. The van der Waals surface area contributed by atoms with E-state index in [-0.39, 0.29) is 12.1 Å². The Morgan fingerprint density at radius 2 is 1.24 bits per heavy atom. The quantitative estimate of drug-likeness (QED) is 0.722. The van der Waals surface area contributed by atoms with E-state index in [0.29, 0.717) is 11.8 Å². The van der Waals surface area contributed by atoms with E-state index in [0.717, 1.165) is 52.1 Å². The first-order valence-electron chi connectivity index (χ1n) is 13.9. The van der Waals surface area contributed by atoms with Gasteiger partial charge >= 0.3 is 0 Å². The number of nitrogens with one attached hydrogen (secondary N) is 1. The average Bonchev–Trinajstić information content (AvgIpc) is 2.94. The van der Waals surface area contributed by atoms with E-state index in [2.05, 4.69) is 39.4 Å². The number of rotatable bonds is 3. The number of amides is 2. The fourth-order valence-corrected chi connectivity index (χ4v) is 5.84. The minimum Gasteiger partial charge on any atom is -0.360 e. The highest BCUT2D eigenvalue weighted by Gasteiger charge is 2.32. The van der Waals surface area contributed by atoms with E-state index in [1.165, 1.54) is 69.9 Å². The van der Waals surface area contributed by atoms with E-state index in [1.807, 2.05) is 11.0 Å². The van der Waals surface area contributed by atoms with Crippen LogP contribution in [0.5, 0.6) is 0 Å². The Labute approximate surface area is 206 Å². The van der Waals surface area contributed by atoms with Gasteiger partial charge in [-0.15, -0.1) is 0 Å². The molecular formula is C28H44N4O2. The molecule has 1 aromatic rings. The Hall–Kier alpha value is -2.08. The molecule has 4 saturated heterocycles. The van der Waals surface area contributed by atoms with Gasteiger partial charge in [0.15, 0.2) is 0 Å². The van der Waals surface area contributed by atoms with Gasteiger partial charge in [-0.25, -0.2) is 0 Å². The molecular weight excluding hydrogens is 424 g/mol. The number of anilines is 1. The van der Waals surface area contributed by atoms with Gasteiger partial charge in [-0.2, -0.15) is 0 Å². The SMILES string of the molecule is O=C([C@@H]1CCCCN1)N1CCCCC1.O=C([C@@H]1CCCCN1c1ccccc1)N1CCCCC1. The Balaban J connectivity index is 0.000000172. The summed E-state index contributed by atoms with van der Waals surface area (Å²) in [5.41, 5.74) is 1.20. The fraction of sp³-hybridized carbons (Fsp3) is 0.714. The zero-order chi connectivity index (χ0) is 23.6. The van der Waals surface area contributed by atoms with Crippen LogP contribution in [-0.4, -0.2) is 73.0 Å². The Bertz CT molecular complexity index is 733. The predicted octanol–water partition coefficient (Wildman–Crippen LogP) is 4.20. The van der Waals surface area contributed by atoms with Crippen LogP contribution in [0.4, 0.5) is 5.69 Å². The van der Waals surface area contributed by atoms with Crippen molar-refractivity contribution in [1.82, 2.24) is 15.1 Å². The molecule has 4 heterocycles. The minimum absolute atomic E-state index is 0.0595. The van der Waals surface area contributed by atoms with Gasteiger partial charge in [0.05, 0.1) is 6.04 Å². The van der Waals surface area contributed by atoms with Crippen LogP contribution in [0.1, 0.15) is 77.0 Å². The maximum Gasteiger partial charge on any atom is 0.245 e. The summed E-state index contributed by atoms with van der Waals surface area (Å²) in [5.74, 6) is 0.706. The van der Waals surface area contributed by atoms with Gasteiger partial charge in [0.25, 0.3) is 0 Å². The first kappa shape index (κ1) is 25.0. The number of carbonyl (C=O) groups is 2. The summed E-state index contributed by atoms with van der Waals surface area (Å²) in [5, 5.41) is 3.32. The zero-order valence-corrected chi connectivity index (χ0v) is 20.9. The minimum atomic E-state index is 0.0595. The molecule has 4 aliphatic rings. The monoisotopic (exact) mass is 468 g/mol. The Morgan fingerprint density at radius 1 is 0.647 bits per heavy atom. The molecule has 4 fully saturated rings. The summed E-state index contributed by atoms with van der Waals surface area (Å²) in [7, 11) is 0. The van der Waals surface area contributed by atoms with E-state index in [9.17, 15) is 9.59 Å². The summed E-state index contributed by atoms with van der Waals surface area (Å²) >= 11 is 0. The summed E-state index contributed by atoms with van der Waals surface area (Å²) in [6.45, 7) is 5.91. The van der Waals surface area contributed by atoms with Crippen LogP contribution in [0.2, 0.25) is 0 Å². The van der Waals surface area contributed by atoms with Crippen molar-refractivity contribution in [3.05, 3.63) is 30.3 Å². The first-order valence-corrected chi connectivity index (χ1v) is 13.9. The lowest BCUT2D eigenvalue weighted by Crippen LogP contribution is -2.52. The molecule has 0 saturated carbocycles. The Kier molecular flexibility index (Phi) is 9.66. The third kappa shape index (κ3) is 6.74. The molecule has 1 aromatic carbocycles. The van der Waals surface area contributed by atoms with Crippen molar-refractivity contribution in [3.63, 3.8) is 0 Å². The smallest absolute Gasteiger partial charge is 0.245 e. The van der Waals surface area contributed by atoms with Crippen molar-refractivity contribution in [3.8, 4) is 0 Å². The molecule has 0 aliphatic carbocycles. The number of nitrogens with zero attached hydrogens (tertiary/aromatic N) is 3. The highest BCUT2D eigenvalue weighted by molar-refractivity contribution is 5.85. The molecule has 34 heavy (non-hydrogen) atoms. The van der Waals surface area contributed by atoms with Crippen LogP contribution in [0.25, 0.3) is 0 Å². The van der Waals surface area contributed by atoms with Crippen molar-refractivity contribution >= 4 is 17.5 Å². The molecule has 188 valence electrons. The van der Waals surface area contributed by atoms with Crippen molar-refractivity contribution in [2.75, 3.05) is 44.2 Å². The molecule has 6 nitrogen and oxygen atoms in total. The maximum absolute atomic E-state index is 12.8. The topological polar surface area (TPSA) is 55.9 Å². The summed E-state index contributed by atoms with van der Waals surface area (Å²) < 4.78 is 0. The van der Waals surface area contributed by atoms with Crippen molar-refractivity contribution in [2.45, 2.75) is 89.1 Å². The van der Waals surface area contributed by atoms with Crippen LogP contribution in [0.3, 0.4) is 0 Å². The zero-order valence-electron chi connectivity index (χ0n) is 20.9. The number of hydrogen-bond donors (Lipinski definition) is 1. The number of piperidine rings is 4. The standard InChI is InChI=1S/C17H24N2O.C11H20N2O/c20-17(18-12-6-2-7-13-18)16-11-5-8-14-19(16)15-9-3-1-4-10-15;14-11(10-6-2-3-7-12-10)13-8-4-1-5-9-13/h1,3-4,9-10,16H,2,5-8,11-14H2;10,12H,1-9H2/t16-;10-/m00/s1. The van der Waals surface area contributed by atoms with E-state index in [1.54, 1.807) is 0 Å². The Morgan fingerprint density at radius 3 is 1.85 bits per heavy atom. The number of benzene rings is 1. The highest BCUT2D eigenvalue weighted by Crippen LogP contribution is 2.26. The molecule has 0 aromatic heterocycles. The van der Waals surface area contributed by atoms with Gasteiger partial charge in [-0.1, -0.05) is 24.6 Å². The third-order valence-corrected chi connectivity index (χ3v) is 7.82. The molecule has 2 atom stereocenters. The van der Waals surface area contributed by atoms with Gasteiger partial charge in [0.2, 0.25) is 11.8 Å². The second-order valence-electron chi connectivity index (χ2n) is 10.3. The molecule has 5 rings (SSSR count). The maximum atomic E-state index is 12.8. The third-order valence-electron chi connectivity index (χ3n) is 7.82. The van der Waals surface area contributed by atoms with Crippen LogP contribution >= 0.6 is 0 Å². The van der Waals surface area contributed by atoms with E-state index in [4.69, 9.17) is 0 Å². The molecule has 0 radical (unpaired) electrons. The second kappa shape index (κ2) is 13.1.